The first-order valence-corrected chi connectivity index (χ1v) is 16.9. The van der Waals surface area contributed by atoms with Crippen molar-refractivity contribution in [3.63, 3.8) is 0 Å². The van der Waals surface area contributed by atoms with Gasteiger partial charge in [-0.1, -0.05) is 49.3 Å². The molecule has 10 nitrogen and oxygen atoms in total. The predicted molar refractivity (Wildman–Crippen MR) is 155 cm³/mol. The molecule has 218 valence electrons. The van der Waals surface area contributed by atoms with Gasteiger partial charge in [-0.2, -0.15) is 0 Å². The van der Waals surface area contributed by atoms with Crippen LogP contribution >= 0.6 is 11.8 Å². The Hall–Kier alpha value is -1.73. The molecule has 1 saturated heterocycles. The van der Waals surface area contributed by atoms with Crippen molar-refractivity contribution < 1.29 is 23.1 Å². The first kappa shape index (κ1) is 30.2. The van der Waals surface area contributed by atoms with Gasteiger partial charge in [0.05, 0.1) is 23.5 Å². The molecule has 39 heavy (non-hydrogen) atoms. The van der Waals surface area contributed by atoms with Gasteiger partial charge in [0.1, 0.15) is 12.3 Å². The number of hydrogen-bond donors (Lipinski definition) is 4. The molecule has 0 aromatic carbocycles. The number of rotatable bonds is 9. The van der Waals surface area contributed by atoms with Crippen LogP contribution in [0.3, 0.4) is 0 Å². The summed E-state index contributed by atoms with van der Waals surface area (Å²) in [6, 6.07) is -1.95. The fourth-order valence-corrected chi connectivity index (χ4v) is 8.23. The molecule has 12 heteroatoms. The number of thioether (sulfide) groups is 1. The fourth-order valence-electron chi connectivity index (χ4n) is 5.95. The second kappa shape index (κ2) is 13.3. The van der Waals surface area contributed by atoms with Gasteiger partial charge in [0, 0.05) is 12.8 Å². The van der Waals surface area contributed by atoms with Crippen molar-refractivity contribution in [3.05, 3.63) is 23.8 Å². The fraction of sp³-hybridized carbons (Fsp3) is 0.741. The number of allylic oxidation sites excluding steroid dienone is 3. The van der Waals surface area contributed by atoms with Crippen molar-refractivity contribution in [2.75, 3.05) is 19.8 Å². The largest absolute Gasteiger partial charge is 0.376 e. The standard InChI is InChI=1S/C27H43N5O5S2/c1-17(28-2)23(33)29-22(19-13-8-5-9-14-19)26(35)32-16-10-15-20(32)24(34)31-25-21(18-11-6-4-7-12-18)30-27(38-25)39(3,36)37/h4,6,11,17,19-22,24-25,28,31,34H,5,7-10,12-16H2,1-3H3,(H,29,33)/t17-,20?,21?,22?,24?,25?/m0/s1. The third-order valence-corrected chi connectivity index (χ3v) is 11.2. The van der Waals surface area contributed by atoms with E-state index >= 15 is 0 Å². The van der Waals surface area contributed by atoms with E-state index in [1.165, 1.54) is 0 Å². The van der Waals surface area contributed by atoms with Crippen LogP contribution in [-0.2, 0) is 19.4 Å². The topological polar surface area (TPSA) is 140 Å². The number of sulfone groups is 1. The minimum atomic E-state index is -3.49. The van der Waals surface area contributed by atoms with E-state index in [-0.39, 0.29) is 22.1 Å². The van der Waals surface area contributed by atoms with Crippen LogP contribution in [0.4, 0.5) is 0 Å². The molecule has 0 bridgehead atoms. The third kappa shape index (κ3) is 7.32. The maximum Gasteiger partial charge on any atom is 0.245 e. The van der Waals surface area contributed by atoms with Gasteiger partial charge in [0.2, 0.25) is 11.8 Å². The maximum atomic E-state index is 14.0. The summed E-state index contributed by atoms with van der Waals surface area (Å²) in [4.78, 5) is 33.0. The van der Waals surface area contributed by atoms with Gasteiger partial charge in [-0.25, -0.2) is 8.42 Å². The highest BCUT2D eigenvalue weighted by atomic mass is 32.3. The maximum absolute atomic E-state index is 14.0. The number of aliphatic hydroxyl groups excluding tert-OH is 1. The Kier molecular flexibility index (Phi) is 10.3. The van der Waals surface area contributed by atoms with E-state index in [0.717, 1.165) is 75.0 Å². The minimum Gasteiger partial charge on any atom is -0.376 e. The molecule has 0 spiro atoms. The number of carbonyl (C=O) groups is 2. The van der Waals surface area contributed by atoms with E-state index in [1.807, 2.05) is 12.2 Å². The quantitative estimate of drug-likeness (QED) is 0.302. The Morgan fingerprint density at radius 2 is 1.92 bits per heavy atom. The Labute approximate surface area is 236 Å². The number of aliphatic imine (C=N–C) groups is 1. The van der Waals surface area contributed by atoms with Crippen molar-refractivity contribution >= 4 is 37.8 Å². The van der Waals surface area contributed by atoms with E-state index in [2.05, 4.69) is 27.0 Å². The Morgan fingerprint density at radius 1 is 1.18 bits per heavy atom. The number of hydrogen-bond acceptors (Lipinski definition) is 9. The predicted octanol–water partition coefficient (Wildman–Crippen LogP) is 1.68. The van der Waals surface area contributed by atoms with Crippen LogP contribution in [0.2, 0.25) is 0 Å². The summed E-state index contributed by atoms with van der Waals surface area (Å²) < 4.78 is 24.7. The van der Waals surface area contributed by atoms with Crippen LogP contribution in [0.1, 0.15) is 64.7 Å². The van der Waals surface area contributed by atoms with E-state index < -0.39 is 45.6 Å². The Bertz CT molecular complexity index is 1100. The number of likely N-dealkylation sites (tertiary alicyclic amines) is 1. The highest BCUT2D eigenvalue weighted by molar-refractivity contribution is 8.35. The number of likely N-dealkylation sites (N-methyl/N-ethyl adjacent to an activating group) is 1. The molecule has 6 atom stereocenters. The van der Waals surface area contributed by atoms with Gasteiger partial charge in [0.15, 0.2) is 14.2 Å². The SMILES string of the molecule is CN[C@@H](C)C(=O)NC(C(=O)N1CCCC1C(O)NC1SC(S(C)(=O)=O)=NC1C1=CC=CCC1)C1CCCCC1. The van der Waals surface area contributed by atoms with Crippen LogP contribution in [0.25, 0.3) is 0 Å². The molecule has 4 N–H and O–H groups in total. The summed E-state index contributed by atoms with van der Waals surface area (Å²) in [5.41, 5.74) is 1.02. The van der Waals surface area contributed by atoms with E-state index in [9.17, 15) is 23.1 Å². The molecule has 4 rings (SSSR count). The smallest absolute Gasteiger partial charge is 0.245 e. The van der Waals surface area contributed by atoms with Crippen molar-refractivity contribution in [3.8, 4) is 0 Å². The zero-order valence-corrected chi connectivity index (χ0v) is 24.8. The van der Waals surface area contributed by atoms with Gasteiger partial charge < -0.3 is 20.6 Å². The van der Waals surface area contributed by atoms with Gasteiger partial charge in [-0.3, -0.25) is 19.9 Å². The lowest BCUT2D eigenvalue weighted by molar-refractivity contribution is -0.141. The molecule has 1 saturated carbocycles. The lowest BCUT2D eigenvalue weighted by Gasteiger charge is -2.37. The lowest BCUT2D eigenvalue weighted by Crippen LogP contribution is -2.59. The van der Waals surface area contributed by atoms with E-state index in [0.29, 0.717) is 13.0 Å². The number of carbonyl (C=O) groups excluding carboxylic acids is 2. The monoisotopic (exact) mass is 581 g/mol. The molecule has 2 aliphatic carbocycles. The van der Waals surface area contributed by atoms with E-state index in [4.69, 9.17) is 0 Å². The summed E-state index contributed by atoms with van der Waals surface area (Å²) in [7, 11) is -1.78. The number of nitrogens with zero attached hydrogens (tertiary/aromatic N) is 2. The minimum absolute atomic E-state index is 0.0609. The molecular weight excluding hydrogens is 538 g/mol. The van der Waals surface area contributed by atoms with Crippen molar-refractivity contribution in [2.24, 2.45) is 10.9 Å². The third-order valence-electron chi connectivity index (χ3n) is 8.30. The van der Waals surface area contributed by atoms with Gasteiger partial charge in [-0.15, -0.1) is 0 Å². The summed E-state index contributed by atoms with van der Waals surface area (Å²) in [5.74, 6) is -0.288. The molecule has 2 heterocycles. The van der Waals surface area contributed by atoms with Crippen LogP contribution in [0.5, 0.6) is 0 Å². The van der Waals surface area contributed by atoms with Crippen molar-refractivity contribution in [2.45, 2.75) is 100 Å². The normalized spacial score (nSPS) is 28.5. The first-order chi connectivity index (χ1) is 18.6. The molecule has 0 aromatic heterocycles. The average molecular weight is 582 g/mol. The number of aliphatic hydroxyl groups is 1. The molecule has 2 amide bonds. The molecule has 5 unspecified atom stereocenters. The Balaban J connectivity index is 1.50. The molecular formula is C27H43N5O5S2. The molecule has 2 fully saturated rings. The lowest BCUT2D eigenvalue weighted by atomic mass is 9.83. The van der Waals surface area contributed by atoms with Gasteiger partial charge in [0.25, 0.3) is 0 Å². The molecule has 4 aliphatic rings. The second-order valence-electron chi connectivity index (χ2n) is 11.1. The summed E-state index contributed by atoms with van der Waals surface area (Å²) in [6.07, 6.45) is 14.1. The molecule has 2 aliphatic heterocycles. The van der Waals surface area contributed by atoms with Crippen LogP contribution in [-0.4, -0.2) is 90.2 Å². The highest BCUT2D eigenvalue weighted by Gasteiger charge is 2.43. The second-order valence-corrected chi connectivity index (χ2v) is 14.4. The van der Waals surface area contributed by atoms with Gasteiger partial charge >= 0.3 is 0 Å². The summed E-state index contributed by atoms with van der Waals surface area (Å²) >= 11 is 1.12. The van der Waals surface area contributed by atoms with Crippen LogP contribution in [0, 0.1) is 5.92 Å². The Morgan fingerprint density at radius 3 is 2.56 bits per heavy atom. The van der Waals surface area contributed by atoms with Gasteiger partial charge in [-0.05, 0) is 64.0 Å². The first-order valence-electron chi connectivity index (χ1n) is 14.1. The highest BCUT2D eigenvalue weighted by Crippen LogP contribution is 2.36. The number of nitrogens with one attached hydrogen (secondary N) is 3. The van der Waals surface area contributed by atoms with Crippen LogP contribution < -0.4 is 16.0 Å². The van der Waals surface area contributed by atoms with E-state index in [1.54, 1.807) is 18.9 Å². The number of amides is 2. The van der Waals surface area contributed by atoms with Crippen LogP contribution in [0.15, 0.2) is 28.8 Å². The zero-order valence-electron chi connectivity index (χ0n) is 23.1. The van der Waals surface area contributed by atoms with Crippen molar-refractivity contribution in [1.82, 2.24) is 20.9 Å². The summed E-state index contributed by atoms with van der Waals surface area (Å²) in [5, 5.41) is 20.1. The molecule has 0 radical (unpaired) electrons. The molecule has 0 aromatic rings. The average Bonchev–Trinajstić information content (AvgIpc) is 3.59. The summed E-state index contributed by atoms with van der Waals surface area (Å²) in [6.45, 7) is 2.27. The van der Waals surface area contributed by atoms with Crippen molar-refractivity contribution in [1.29, 1.82) is 0 Å². The zero-order chi connectivity index (χ0) is 28.2.